The van der Waals surface area contributed by atoms with Gasteiger partial charge in [0, 0.05) is 0 Å². The highest BCUT2D eigenvalue weighted by atomic mass is 35.5. The summed E-state index contributed by atoms with van der Waals surface area (Å²) in [5.41, 5.74) is 1.19. The Kier molecular flexibility index (Phi) is 3.13. The molecular formula is C12H8Cl2O3. The topological polar surface area (TPSA) is 50.4 Å². The monoisotopic (exact) mass is 270 g/mol. The number of hydrogen-bond acceptors (Lipinski definition) is 2. The van der Waals surface area contributed by atoms with Gasteiger partial charge in [0.15, 0.2) is 0 Å². The summed E-state index contributed by atoms with van der Waals surface area (Å²) >= 11 is 12.1. The van der Waals surface area contributed by atoms with E-state index in [1.54, 1.807) is 25.1 Å². The van der Waals surface area contributed by atoms with Crippen molar-refractivity contribution in [2.24, 2.45) is 0 Å². The van der Waals surface area contributed by atoms with Crippen molar-refractivity contribution >= 4 is 29.2 Å². The van der Waals surface area contributed by atoms with Crippen LogP contribution in [0.2, 0.25) is 10.0 Å². The number of aromatic carboxylic acids is 1. The molecule has 0 unspecified atom stereocenters. The molecule has 1 N–H and O–H groups in total. The van der Waals surface area contributed by atoms with Crippen LogP contribution in [-0.4, -0.2) is 11.1 Å². The summed E-state index contributed by atoms with van der Waals surface area (Å²) in [6, 6.07) is 6.50. The lowest BCUT2D eigenvalue weighted by Gasteiger charge is -2.04. The average molecular weight is 271 g/mol. The summed E-state index contributed by atoms with van der Waals surface area (Å²) < 4.78 is 5.26. The lowest BCUT2D eigenvalue weighted by atomic mass is 10.1. The number of carboxylic acids is 1. The zero-order valence-corrected chi connectivity index (χ0v) is 10.3. The highest BCUT2D eigenvalue weighted by molar-refractivity contribution is 6.39. The fourth-order valence-corrected chi connectivity index (χ4v) is 2.12. The smallest absolute Gasteiger partial charge is 0.371 e. The van der Waals surface area contributed by atoms with Crippen LogP contribution in [0.15, 0.2) is 28.7 Å². The molecule has 0 spiro atoms. The molecule has 1 aromatic heterocycles. The number of benzene rings is 1. The highest BCUT2D eigenvalue weighted by Crippen LogP contribution is 2.37. The Balaban J connectivity index is 2.64. The molecule has 2 rings (SSSR count). The Labute approximate surface area is 108 Å². The molecule has 17 heavy (non-hydrogen) atoms. The van der Waals surface area contributed by atoms with E-state index in [9.17, 15) is 4.79 Å². The maximum atomic E-state index is 10.8. The molecular weight excluding hydrogens is 263 g/mol. The molecule has 0 aliphatic carbocycles. The first-order valence-electron chi connectivity index (χ1n) is 4.79. The lowest BCUT2D eigenvalue weighted by Crippen LogP contribution is -1.91. The molecule has 3 nitrogen and oxygen atoms in total. The van der Waals surface area contributed by atoms with Crippen molar-refractivity contribution in [1.82, 2.24) is 0 Å². The largest absolute Gasteiger partial charge is 0.475 e. The Bertz CT molecular complexity index is 567. The second-order valence-electron chi connectivity index (χ2n) is 3.52. The van der Waals surface area contributed by atoms with Gasteiger partial charge in [-0.1, -0.05) is 29.3 Å². The zero-order valence-electron chi connectivity index (χ0n) is 8.83. The number of aryl methyl sites for hydroxylation is 1. The minimum absolute atomic E-state index is 0.131. The van der Waals surface area contributed by atoms with Gasteiger partial charge >= 0.3 is 5.97 Å². The van der Waals surface area contributed by atoms with E-state index >= 15 is 0 Å². The van der Waals surface area contributed by atoms with Crippen LogP contribution in [0.4, 0.5) is 0 Å². The van der Waals surface area contributed by atoms with Gasteiger partial charge in [-0.25, -0.2) is 4.79 Å². The third-order valence-electron chi connectivity index (χ3n) is 2.32. The van der Waals surface area contributed by atoms with Gasteiger partial charge in [0.2, 0.25) is 5.76 Å². The van der Waals surface area contributed by atoms with Crippen molar-refractivity contribution in [3.8, 4) is 11.3 Å². The highest BCUT2D eigenvalue weighted by Gasteiger charge is 2.18. The van der Waals surface area contributed by atoms with E-state index in [1.165, 1.54) is 6.07 Å². The van der Waals surface area contributed by atoms with E-state index in [-0.39, 0.29) is 5.76 Å². The minimum Gasteiger partial charge on any atom is -0.475 e. The predicted octanol–water partition coefficient (Wildman–Crippen LogP) is 4.26. The second-order valence-corrected chi connectivity index (χ2v) is 4.34. The molecule has 1 heterocycles. The van der Waals surface area contributed by atoms with Gasteiger partial charge in [0.25, 0.3) is 0 Å². The third-order valence-corrected chi connectivity index (χ3v) is 2.95. The van der Waals surface area contributed by atoms with Crippen LogP contribution >= 0.6 is 23.2 Å². The van der Waals surface area contributed by atoms with Crippen molar-refractivity contribution < 1.29 is 14.3 Å². The molecule has 0 radical (unpaired) electrons. The number of halogens is 2. The van der Waals surface area contributed by atoms with E-state index in [0.29, 0.717) is 26.9 Å². The predicted molar refractivity (Wildman–Crippen MR) is 65.9 cm³/mol. The van der Waals surface area contributed by atoms with Gasteiger partial charge in [0.05, 0.1) is 15.6 Å². The van der Waals surface area contributed by atoms with Gasteiger partial charge in [-0.2, -0.15) is 0 Å². The van der Waals surface area contributed by atoms with Crippen molar-refractivity contribution in [3.05, 3.63) is 45.6 Å². The van der Waals surface area contributed by atoms with Crippen molar-refractivity contribution in [2.75, 3.05) is 0 Å². The number of carboxylic acid groups (broad SMARTS) is 1. The number of furan rings is 1. The summed E-state index contributed by atoms with van der Waals surface area (Å²) in [6.45, 7) is 1.74. The van der Waals surface area contributed by atoms with E-state index in [4.69, 9.17) is 32.7 Å². The van der Waals surface area contributed by atoms with Gasteiger partial charge in [-0.3, -0.25) is 0 Å². The Hall–Kier alpha value is -1.45. The molecule has 2 aromatic rings. The van der Waals surface area contributed by atoms with Crippen LogP contribution in [0, 0.1) is 6.92 Å². The molecule has 0 saturated heterocycles. The molecule has 5 heteroatoms. The first kappa shape index (κ1) is 12.0. The van der Waals surface area contributed by atoms with Crippen molar-refractivity contribution in [3.63, 3.8) is 0 Å². The van der Waals surface area contributed by atoms with Gasteiger partial charge in [0.1, 0.15) is 5.76 Å². The third kappa shape index (κ3) is 2.16. The summed E-state index contributed by atoms with van der Waals surface area (Å²) in [4.78, 5) is 10.8. The molecule has 1 aromatic carbocycles. The number of carbonyl (C=O) groups is 1. The maximum absolute atomic E-state index is 10.8. The van der Waals surface area contributed by atoms with Crippen molar-refractivity contribution in [1.29, 1.82) is 0 Å². The van der Waals surface area contributed by atoms with E-state index < -0.39 is 5.97 Å². The van der Waals surface area contributed by atoms with Crippen LogP contribution in [0.5, 0.6) is 0 Å². The summed E-state index contributed by atoms with van der Waals surface area (Å²) in [7, 11) is 0. The molecule has 0 bridgehead atoms. The molecule has 0 fully saturated rings. The first-order chi connectivity index (χ1) is 8.00. The fraction of sp³-hybridized carbons (Fsp3) is 0.0833. The molecule has 0 aliphatic heterocycles. The molecule has 0 atom stereocenters. The van der Waals surface area contributed by atoms with Crippen LogP contribution < -0.4 is 0 Å². The van der Waals surface area contributed by atoms with Crippen LogP contribution in [0.3, 0.4) is 0 Å². The maximum Gasteiger partial charge on any atom is 0.371 e. The van der Waals surface area contributed by atoms with Crippen LogP contribution in [0.1, 0.15) is 16.1 Å². The second kappa shape index (κ2) is 4.43. The Morgan fingerprint density at radius 1 is 1.29 bits per heavy atom. The van der Waals surface area contributed by atoms with Crippen LogP contribution in [0.25, 0.3) is 11.3 Å². The normalized spacial score (nSPS) is 10.5. The molecule has 88 valence electrons. The summed E-state index contributed by atoms with van der Waals surface area (Å²) in [5, 5.41) is 9.69. The van der Waals surface area contributed by atoms with Gasteiger partial charge in [-0.05, 0) is 30.7 Å². The molecule has 0 amide bonds. The average Bonchev–Trinajstić information content (AvgIpc) is 2.61. The minimum atomic E-state index is -1.12. The number of hydrogen-bond donors (Lipinski definition) is 1. The van der Waals surface area contributed by atoms with Gasteiger partial charge in [-0.15, -0.1) is 0 Å². The first-order valence-corrected chi connectivity index (χ1v) is 5.54. The molecule has 0 aliphatic rings. The summed E-state index contributed by atoms with van der Waals surface area (Å²) in [5.74, 6) is -0.867. The van der Waals surface area contributed by atoms with E-state index in [2.05, 4.69) is 0 Å². The van der Waals surface area contributed by atoms with Crippen LogP contribution in [-0.2, 0) is 0 Å². The Morgan fingerprint density at radius 3 is 2.35 bits per heavy atom. The summed E-state index contributed by atoms with van der Waals surface area (Å²) in [6.07, 6.45) is 0. The SMILES string of the molecule is Cc1cc(C(=O)O)oc1-c1c(Cl)cccc1Cl. The number of rotatable bonds is 2. The standard InChI is InChI=1S/C12H8Cl2O3/c1-6-5-9(12(15)16)17-11(6)10-7(13)3-2-4-8(10)14/h2-5H,1H3,(H,15,16). The van der Waals surface area contributed by atoms with Gasteiger partial charge < -0.3 is 9.52 Å². The van der Waals surface area contributed by atoms with Crippen molar-refractivity contribution in [2.45, 2.75) is 6.92 Å². The Morgan fingerprint density at radius 2 is 1.88 bits per heavy atom. The fourth-order valence-electron chi connectivity index (χ4n) is 1.55. The van der Waals surface area contributed by atoms with E-state index in [0.717, 1.165) is 0 Å². The van der Waals surface area contributed by atoms with E-state index in [1.807, 2.05) is 0 Å². The quantitative estimate of drug-likeness (QED) is 0.887. The lowest BCUT2D eigenvalue weighted by molar-refractivity contribution is 0.0663. The molecule has 0 saturated carbocycles. The zero-order chi connectivity index (χ0) is 12.6.